The van der Waals surface area contributed by atoms with Gasteiger partial charge in [-0.25, -0.2) is 13.1 Å². The number of likely N-dealkylation sites (tertiary alicyclic amines) is 1. The molecule has 1 aliphatic heterocycles. The number of halogens is 4. The van der Waals surface area contributed by atoms with Crippen molar-refractivity contribution >= 4 is 33.0 Å². The minimum absolute atomic E-state index is 0.0597. The van der Waals surface area contributed by atoms with Gasteiger partial charge in [-0.05, 0) is 74.5 Å². The second-order valence-electron chi connectivity index (χ2n) is 10.1. The van der Waals surface area contributed by atoms with E-state index in [1.165, 1.54) is 42.5 Å². The fourth-order valence-corrected chi connectivity index (χ4v) is 6.97. The maximum absolute atomic E-state index is 13.5. The molecule has 0 saturated carbocycles. The number of hydrogen-bond donors (Lipinski definition) is 1. The van der Waals surface area contributed by atoms with Crippen molar-refractivity contribution < 1.29 is 26.4 Å². The van der Waals surface area contributed by atoms with Gasteiger partial charge in [-0.1, -0.05) is 54.4 Å². The van der Waals surface area contributed by atoms with Crippen LogP contribution in [0.4, 0.5) is 18.9 Å². The van der Waals surface area contributed by atoms with Crippen molar-refractivity contribution in [2.45, 2.75) is 35.7 Å². The van der Waals surface area contributed by atoms with Crippen LogP contribution in [0.15, 0.2) is 96.4 Å². The Morgan fingerprint density at radius 3 is 2.33 bits per heavy atom. The van der Waals surface area contributed by atoms with Crippen LogP contribution in [0, 0.1) is 0 Å². The highest BCUT2D eigenvalue weighted by molar-refractivity contribution is 7.92. The lowest BCUT2D eigenvalue weighted by Crippen LogP contribution is -2.42. The van der Waals surface area contributed by atoms with Crippen LogP contribution >= 0.6 is 11.6 Å². The maximum Gasteiger partial charge on any atom is 0.435 e. The SMILES string of the molecule is C=CC(N1CCCCC1)S(=O)(=O)c1cccc(NC(=O)c2ccc(-c3cc(C(F)(F)F)nn3-c3ccccc3Cl)cc2)c1. The van der Waals surface area contributed by atoms with Crippen LogP contribution in [-0.4, -0.2) is 47.5 Å². The monoisotopic (exact) mass is 628 g/mol. The van der Waals surface area contributed by atoms with Crippen LogP contribution in [0.2, 0.25) is 5.02 Å². The van der Waals surface area contributed by atoms with Gasteiger partial charge >= 0.3 is 6.18 Å². The summed E-state index contributed by atoms with van der Waals surface area (Å²) in [4.78, 5) is 15.0. The van der Waals surface area contributed by atoms with E-state index in [2.05, 4.69) is 17.0 Å². The highest BCUT2D eigenvalue weighted by Crippen LogP contribution is 2.35. The minimum Gasteiger partial charge on any atom is -0.322 e. The number of para-hydroxylation sites is 1. The summed E-state index contributed by atoms with van der Waals surface area (Å²) in [6, 6.07) is 19.3. The summed E-state index contributed by atoms with van der Waals surface area (Å²) in [6.45, 7) is 5.08. The van der Waals surface area contributed by atoms with Crippen molar-refractivity contribution in [3.05, 3.63) is 108 Å². The van der Waals surface area contributed by atoms with Gasteiger partial charge in [0.25, 0.3) is 5.91 Å². The van der Waals surface area contributed by atoms with Crippen molar-refractivity contribution in [1.29, 1.82) is 0 Å². The Balaban J connectivity index is 1.38. The molecule has 1 saturated heterocycles. The number of aromatic nitrogens is 2. The first-order valence-corrected chi connectivity index (χ1v) is 15.5. The minimum atomic E-state index is -4.68. The zero-order valence-electron chi connectivity index (χ0n) is 22.9. The second kappa shape index (κ2) is 12.4. The lowest BCUT2D eigenvalue weighted by molar-refractivity contribution is -0.141. The Hall–Kier alpha value is -3.93. The third-order valence-electron chi connectivity index (χ3n) is 7.21. The van der Waals surface area contributed by atoms with Gasteiger partial charge in [0.1, 0.15) is 5.37 Å². The summed E-state index contributed by atoms with van der Waals surface area (Å²) in [5.41, 5.74) is 0.192. The number of rotatable bonds is 8. The molecule has 0 radical (unpaired) electrons. The van der Waals surface area contributed by atoms with Gasteiger partial charge in [-0.15, -0.1) is 6.58 Å². The maximum atomic E-state index is 13.5. The van der Waals surface area contributed by atoms with Gasteiger partial charge in [-0.3, -0.25) is 9.69 Å². The van der Waals surface area contributed by atoms with E-state index in [1.807, 2.05) is 4.90 Å². The zero-order chi connectivity index (χ0) is 30.8. The summed E-state index contributed by atoms with van der Waals surface area (Å²) < 4.78 is 68.6. The number of hydrogen-bond acceptors (Lipinski definition) is 5. The van der Waals surface area contributed by atoms with Crippen LogP contribution < -0.4 is 5.32 Å². The molecular formula is C31H28ClF3N4O3S. The molecule has 1 N–H and O–H groups in total. The highest BCUT2D eigenvalue weighted by Gasteiger charge is 2.35. The van der Waals surface area contributed by atoms with E-state index in [-0.39, 0.29) is 32.6 Å². The van der Waals surface area contributed by atoms with Crippen molar-refractivity contribution in [3.63, 3.8) is 0 Å². The lowest BCUT2D eigenvalue weighted by Gasteiger charge is -2.32. The van der Waals surface area contributed by atoms with Crippen molar-refractivity contribution in [2.24, 2.45) is 0 Å². The van der Waals surface area contributed by atoms with E-state index in [4.69, 9.17) is 11.6 Å². The zero-order valence-corrected chi connectivity index (χ0v) is 24.5. The van der Waals surface area contributed by atoms with E-state index in [9.17, 15) is 26.4 Å². The molecule has 1 aromatic heterocycles. The van der Waals surface area contributed by atoms with Crippen LogP contribution in [0.3, 0.4) is 0 Å². The first-order valence-electron chi connectivity index (χ1n) is 13.5. The predicted octanol–water partition coefficient (Wildman–Crippen LogP) is 7.24. The molecule has 1 amide bonds. The summed E-state index contributed by atoms with van der Waals surface area (Å²) in [5, 5.41) is 5.80. The molecule has 1 atom stereocenters. The summed E-state index contributed by atoms with van der Waals surface area (Å²) in [7, 11) is -3.79. The normalized spacial score (nSPS) is 15.2. The van der Waals surface area contributed by atoms with Crippen molar-refractivity contribution in [3.8, 4) is 16.9 Å². The van der Waals surface area contributed by atoms with E-state index in [0.29, 0.717) is 18.7 Å². The lowest BCUT2D eigenvalue weighted by atomic mass is 10.1. The van der Waals surface area contributed by atoms with Gasteiger partial charge < -0.3 is 5.32 Å². The number of piperidine rings is 1. The number of nitrogens with zero attached hydrogens (tertiary/aromatic N) is 3. The highest BCUT2D eigenvalue weighted by atomic mass is 35.5. The Bertz CT molecular complexity index is 1750. The number of sulfone groups is 1. The largest absolute Gasteiger partial charge is 0.435 e. The molecule has 2 heterocycles. The van der Waals surface area contributed by atoms with Gasteiger partial charge in [0.15, 0.2) is 15.5 Å². The third-order valence-corrected chi connectivity index (χ3v) is 9.57. The van der Waals surface area contributed by atoms with Gasteiger partial charge in [-0.2, -0.15) is 18.3 Å². The first-order chi connectivity index (χ1) is 20.5. The van der Waals surface area contributed by atoms with Gasteiger partial charge in [0, 0.05) is 16.8 Å². The molecule has 43 heavy (non-hydrogen) atoms. The van der Waals surface area contributed by atoms with E-state index < -0.39 is 33.0 Å². The molecule has 224 valence electrons. The molecule has 1 aliphatic rings. The fraction of sp³-hybridized carbons (Fsp3) is 0.226. The molecule has 12 heteroatoms. The molecule has 0 bridgehead atoms. The predicted molar refractivity (Wildman–Crippen MR) is 160 cm³/mol. The smallest absolute Gasteiger partial charge is 0.322 e. The fourth-order valence-electron chi connectivity index (χ4n) is 5.06. The second-order valence-corrected chi connectivity index (χ2v) is 12.6. The average molecular weight is 629 g/mol. The van der Waals surface area contributed by atoms with E-state index in [1.54, 1.807) is 36.4 Å². The quantitative estimate of drug-likeness (QED) is 0.208. The molecule has 0 spiro atoms. The Morgan fingerprint density at radius 2 is 1.67 bits per heavy atom. The summed E-state index contributed by atoms with van der Waals surface area (Å²) >= 11 is 6.25. The van der Waals surface area contributed by atoms with Gasteiger partial charge in [0.2, 0.25) is 0 Å². The molecule has 4 aromatic rings. The van der Waals surface area contributed by atoms with E-state index in [0.717, 1.165) is 30.0 Å². The Kier molecular flexibility index (Phi) is 8.77. The molecule has 3 aromatic carbocycles. The Labute approximate surface area is 252 Å². The van der Waals surface area contributed by atoms with Crippen LogP contribution in [0.1, 0.15) is 35.3 Å². The number of carbonyl (C=O) groups excluding carboxylic acids is 1. The molecule has 1 fully saturated rings. The van der Waals surface area contributed by atoms with Crippen molar-refractivity contribution in [1.82, 2.24) is 14.7 Å². The van der Waals surface area contributed by atoms with Crippen molar-refractivity contribution in [2.75, 3.05) is 18.4 Å². The van der Waals surface area contributed by atoms with Crippen LogP contribution in [0.25, 0.3) is 16.9 Å². The van der Waals surface area contributed by atoms with Gasteiger partial charge in [0.05, 0.1) is 21.3 Å². The number of nitrogens with one attached hydrogen (secondary N) is 1. The number of carbonyl (C=O) groups is 1. The molecule has 0 aliphatic carbocycles. The summed E-state index contributed by atoms with van der Waals surface area (Å²) in [6.07, 6.45) is -0.352. The number of alkyl halides is 3. The third kappa shape index (κ3) is 6.53. The number of anilines is 1. The first kappa shape index (κ1) is 30.5. The average Bonchev–Trinajstić information content (AvgIpc) is 3.45. The Morgan fingerprint density at radius 1 is 0.977 bits per heavy atom. The van der Waals surface area contributed by atoms with E-state index >= 15 is 0 Å². The topological polar surface area (TPSA) is 84.3 Å². The molecule has 1 unspecified atom stereocenters. The standard InChI is InChI=1S/C31H28ClF3N4O3S/c1-2-29(38-17-6-3-7-18-38)43(41,42)24-10-8-9-23(19-24)36-30(40)22-15-13-21(14-16-22)27-20-28(31(33,34)35)37-39(27)26-12-5-4-11-25(26)32/h2,4-5,8-16,19-20,29H,1,3,6-7,17-18H2,(H,36,40). The summed E-state index contributed by atoms with van der Waals surface area (Å²) in [5.74, 6) is -0.520. The molecular weight excluding hydrogens is 601 g/mol. The number of benzene rings is 3. The van der Waals surface area contributed by atoms with Crippen LogP contribution in [0.5, 0.6) is 0 Å². The molecule has 7 nitrogen and oxygen atoms in total. The molecule has 5 rings (SSSR count). The van der Waals surface area contributed by atoms with Crippen LogP contribution in [-0.2, 0) is 16.0 Å². The number of amides is 1.